The Balaban J connectivity index is 1.75. The molecule has 136 valence electrons. The number of benzene rings is 1. The van der Waals surface area contributed by atoms with E-state index in [-0.39, 0.29) is 5.92 Å². The van der Waals surface area contributed by atoms with E-state index in [0.29, 0.717) is 30.4 Å². The van der Waals surface area contributed by atoms with Gasteiger partial charge in [0, 0.05) is 25.1 Å². The summed E-state index contributed by atoms with van der Waals surface area (Å²) in [6, 6.07) is 5.31. The molecule has 0 saturated carbocycles. The van der Waals surface area contributed by atoms with E-state index in [1.54, 1.807) is 6.07 Å². The van der Waals surface area contributed by atoms with Crippen LogP contribution in [0.1, 0.15) is 30.1 Å². The van der Waals surface area contributed by atoms with Gasteiger partial charge < -0.3 is 18.9 Å². The van der Waals surface area contributed by atoms with E-state index >= 15 is 0 Å². The molecule has 0 spiro atoms. The standard InChI is InChI=1S/C17H19F3N2O3/c1-23-14-4-3-12(17(18,19)20)9-13(14)22-7-5-11(6-8-22)15-10-16(24-2)21-25-15/h3-4,9-11H,5-8H2,1-2H3. The number of hydrogen-bond acceptors (Lipinski definition) is 5. The molecule has 0 atom stereocenters. The average molecular weight is 356 g/mol. The summed E-state index contributed by atoms with van der Waals surface area (Å²) in [5.74, 6) is 1.78. The molecule has 0 N–H and O–H groups in total. The van der Waals surface area contributed by atoms with Gasteiger partial charge in [0.15, 0.2) is 0 Å². The van der Waals surface area contributed by atoms with Crippen molar-refractivity contribution < 1.29 is 27.2 Å². The number of hydrogen-bond donors (Lipinski definition) is 0. The fourth-order valence-corrected chi connectivity index (χ4v) is 3.08. The van der Waals surface area contributed by atoms with E-state index in [2.05, 4.69) is 5.16 Å². The monoisotopic (exact) mass is 356 g/mol. The van der Waals surface area contributed by atoms with Gasteiger partial charge in [-0.2, -0.15) is 13.2 Å². The summed E-state index contributed by atoms with van der Waals surface area (Å²) < 4.78 is 54.5. The van der Waals surface area contributed by atoms with Crippen LogP contribution in [-0.4, -0.2) is 32.5 Å². The first-order valence-electron chi connectivity index (χ1n) is 7.93. The van der Waals surface area contributed by atoms with Crippen LogP contribution < -0.4 is 14.4 Å². The lowest BCUT2D eigenvalue weighted by Gasteiger charge is -2.33. The fraction of sp³-hybridized carbons (Fsp3) is 0.471. The summed E-state index contributed by atoms with van der Waals surface area (Å²) in [5, 5.41) is 3.80. The third kappa shape index (κ3) is 3.67. The highest BCUT2D eigenvalue weighted by atomic mass is 19.4. The minimum Gasteiger partial charge on any atom is -0.495 e. The molecule has 1 aromatic carbocycles. The van der Waals surface area contributed by atoms with Gasteiger partial charge in [-0.1, -0.05) is 0 Å². The maximum atomic E-state index is 13.0. The molecule has 0 unspecified atom stereocenters. The van der Waals surface area contributed by atoms with Crippen molar-refractivity contribution in [3.63, 3.8) is 0 Å². The van der Waals surface area contributed by atoms with Crippen molar-refractivity contribution in [3.05, 3.63) is 35.6 Å². The number of rotatable bonds is 4. The number of halogens is 3. The lowest BCUT2D eigenvalue weighted by Crippen LogP contribution is -2.33. The van der Waals surface area contributed by atoms with Crippen molar-refractivity contribution in [3.8, 4) is 11.6 Å². The first-order chi connectivity index (χ1) is 11.9. The van der Waals surface area contributed by atoms with Gasteiger partial charge in [-0.15, -0.1) is 0 Å². The van der Waals surface area contributed by atoms with Gasteiger partial charge >= 0.3 is 6.18 Å². The molecule has 25 heavy (non-hydrogen) atoms. The molecule has 1 fully saturated rings. The Labute approximate surface area is 143 Å². The van der Waals surface area contributed by atoms with Crippen molar-refractivity contribution in [2.75, 3.05) is 32.2 Å². The molecule has 1 aliphatic rings. The summed E-state index contributed by atoms with van der Waals surface area (Å²) in [4.78, 5) is 1.91. The Morgan fingerprint density at radius 3 is 2.40 bits per heavy atom. The van der Waals surface area contributed by atoms with E-state index < -0.39 is 11.7 Å². The number of piperidine rings is 1. The molecular weight excluding hydrogens is 337 g/mol. The van der Waals surface area contributed by atoms with E-state index in [1.165, 1.54) is 20.3 Å². The Hall–Kier alpha value is -2.38. The van der Waals surface area contributed by atoms with E-state index in [0.717, 1.165) is 30.7 Å². The molecular formula is C17H19F3N2O3. The normalized spacial score (nSPS) is 16.1. The third-order valence-corrected chi connectivity index (χ3v) is 4.46. The molecule has 3 rings (SSSR count). The summed E-state index contributed by atoms with van der Waals surface area (Å²) in [5.41, 5.74) is -0.212. The number of methoxy groups -OCH3 is 2. The molecule has 5 nitrogen and oxygen atoms in total. The van der Waals surface area contributed by atoms with Crippen LogP contribution in [0.3, 0.4) is 0 Å². The van der Waals surface area contributed by atoms with Gasteiger partial charge in [-0.25, -0.2) is 0 Å². The number of nitrogens with zero attached hydrogens (tertiary/aromatic N) is 2. The van der Waals surface area contributed by atoms with Crippen LogP contribution in [0.5, 0.6) is 11.6 Å². The number of ether oxygens (including phenoxy) is 2. The highest BCUT2D eigenvalue weighted by Gasteiger charge is 2.33. The lowest BCUT2D eigenvalue weighted by molar-refractivity contribution is -0.137. The first-order valence-corrected chi connectivity index (χ1v) is 7.93. The van der Waals surface area contributed by atoms with Crippen LogP contribution in [0.25, 0.3) is 0 Å². The van der Waals surface area contributed by atoms with Crippen LogP contribution in [-0.2, 0) is 6.18 Å². The smallest absolute Gasteiger partial charge is 0.416 e. The van der Waals surface area contributed by atoms with E-state index in [4.69, 9.17) is 14.0 Å². The lowest BCUT2D eigenvalue weighted by atomic mass is 9.94. The largest absolute Gasteiger partial charge is 0.495 e. The third-order valence-electron chi connectivity index (χ3n) is 4.46. The second-order valence-electron chi connectivity index (χ2n) is 5.92. The van der Waals surface area contributed by atoms with Gasteiger partial charge in [0.05, 0.1) is 25.5 Å². The summed E-state index contributed by atoms with van der Waals surface area (Å²) >= 11 is 0. The zero-order valence-corrected chi connectivity index (χ0v) is 14.0. The molecule has 1 saturated heterocycles. The topological polar surface area (TPSA) is 47.7 Å². The van der Waals surface area contributed by atoms with Crippen molar-refractivity contribution >= 4 is 5.69 Å². The fourth-order valence-electron chi connectivity index (χ4n) is 3.08. The molecule has 2 heterocycles. The van der Waals surface area contributed by atoms with Crippen molar-refractivity contribution in [2.24, 2.45) is 0 Å². The maximum absolute atomic E-state index is 13.0. The minimum atomic E-state index is -4.38. The molecule has 1 aromatic heterocycles. The SMILES string of the molecule is COc1cc(C2CCN(c3cc(C(F)(F)F)ccc3OC)CC2)on1. The van der Waals surface area contributed by atoms with Gasteiger partial charge in [-0.3, -0.25) is 0 Å². The van der Waals surface area contributed by atoms with Crippen LogP contribution in [0, 0.1) is 0 Å². The highest BCUT2D eigenvalue weighted by molar-refractivity contribution is 5.61. The predicted molar refractivity (Wildman–Crippen MR) is 85.2 cm³/mol. The Morgan fingerprint density at radius 1 is 1.12 bits per heavy atom. The Kier molecular flexibility index (Phi) is 4.78. The second-order valence-corrected chi connectivity index (χ2v) is 5.92. The number of anilines is 1. The molecule has 2 aromatic rings. The van der Waals surface area contributed by atoms with Gasteiger partial charge in [-0.05, 0) is 36.2 Å². The Morgan fingerprint density at radius 2 is 1.84 bits per heavy atom. The van der Waals surface area contributed by atoms with Crippen LogP contribution in [0.4, 0.5) is 18.9 Å². The Bertz CT molecular complexity index is 722. The highest BCUT2D eigenvalue weighted by Crippen LogP contribution is 2.39. The number of aromatic nitrogens is 1. The number of alkyl halides is 3. The molecule has 8 heteroatoms. The van der Waals surface area contributed by atoms with Gasteiger partial charge in [0.25, 0.3) is 5.88 Å². The van der Waals surface area contributed by atoms with Gasteiger partial charge in [0.2, 0.25) is 0 Å². The minimum absolute atomic E-state index is 0.171. The zero-order valence-electron chi connectivity index (χ0n) is 14.0. The predicted octanol–water partition coefficient (Wildman–Crippen LogP) is 4.09. The van der Waals surface area contributed by atoms with E-state index in [1.807, 2.05) is 4.90 Å². The summed E-state index contributed by atoms with van der Waals surface area (Å²) in [6.07, 6.45) is -2.88. The van der Waals surface area contributed by atoms with Crippen LogP contribution in [0.15, 0.2) is 28.8 Å². The zero-order chi connectivity index (χ0) is 18.0. The molecule has 0 radical (unpaired) electrons. The molecule has 0 bridgehead atoms. The first kappa shape index (κ1) is 17.4. The van der Waals surface area contributed by atoms with Crippen LogP contribution in [0.2, 0.25) is 0 Å². The van der Waals surface area contributed by atoms with Gasteiger partial charge in [0.1, 0.15) is 11.5 Å². The summed E-state index contributed by atoms with van der Waals surface area (Å²) in [6.45, 7) is 1.21. The quantitative estimate of drug-likeness (QED) is 0.826. The average Bonchev–Trinajstić information content (AvgIpc) is 3.10. The molecule has 1 aliphatic heterocycles. The molecule has 0 aliphatic carbocycles. The van der Waals surface area contributed by atoms with E-state index in [9.17, 15) is 13.2 Å². The maximum Gasteiger partial charge on any atom is 0.416 e. The molecule has 0 amide bonds. The summed E-state index contributed by atoms with van der Waals surface area (Å²) in [7, 11) is 2.98. The second kappa shape index (κ2) is 6.85. The van der Waals surface area contributed by atoms with Crippen molar-refractivity contribution in [1.29, 1.82) is 0 Å². The van der Waals surface area contributed by atoms with Crippen LogP contribution >= 0.6 is 0 Å². The van der Waals surface area contributed by atoms with Crippen molar-refractivity contribution in [1.82, 2.24) is 5.16 Å². The van der Waals surface area contributed by atoms with Crippen molar-refractivity contribution in [2.45, 2.75) is 24.9 Å².